The van der Waals surface area contributed by atoms with Gasteiger partial charge < -0.3 is 4.57 Å². The highest BCUT2D eigenvalue weighted by Gasteiger charge is 2.31. The predicted octanol–water partition coefficient (Wildman–Crippen LogP) is 3.28. The van der Waals surface area contributed by atoms with Crippen LogP contribution in [0.25, 0.3) is 0 Å². The molecule has 0 spiro atoms. The third-order valence-corrected chi connectivity index (χ3v) is 6.25. The first kappa shape index (κ1) is 10.2. The van der Waals surface area contributed by atoms with Gasteiger partial charge in [-0.25, -0.2) is 4.39 Å². The van der Waals surface area contributed by atoms with E-state index in [0.717, 1.165) is 19.0 Å². The number of hydrogen-bond donors (Lipinski definition) is 0. The van der Waals surface area contributed by atoms with Gasteiger partial charge in [-0.05, 0) is 38.5 Å². The molecule has 3 atom stereocenters. The highest BCUT2D eigenvalue weighted by atomic mass is 31.2. The molecular weight excluding hydrogens is 174 g/mol. The minimum absolute atomic E-state index is 0.172. The van der Waals surface area contributed by atoms with Crippen molar-refractivity contribution < 1.29 is 8.96 Å². The van der Waals surface area contributed by atoms with Crippen LogP contribution in [-0.4, -0.2) is 24.7 Å². The van der Waals surface area contributed by atoms with Crippen molar-refractivity contribution >= 4 is 7.14 Å². The number of halogens is 1. The molecule has 1 saturated carbocycles. The van der Waals surface area contributed by atoms with Gasteiger partial charge in [0.05, 0.1) is 7.14 Å². The highest BCUT2D eigenvalue weighted by molar-refractivity contribution is 7.63. The average Bonchev–Trinajstić information content (AvgIpc) is 2.05. The van der Waals surface area contributed by atoms with Crippen molar-refractivity contribution in [2.45, 2.75) is 44.4 Å². The van der Waals surface area contributed by atoms with Crippen molar-refractivity contribution in [1.29, 1.82) is 0 Å². The maximum absolute atomic E-state index is 13.0. The van der Waals surface area contributed by atoms with Gasteiger partial charge in [-0.3, -0.25) is 0 Å². The fourth-order valence-electron chi connectivity index (χ4n) is 1.86. The van der Waals surface area contributed by atoms with Crippen molar-refractivity contribution in [1.82, 2.24) is 0 Å². The molecule has 12 heavy (non-hydrogen) atoms. The van der Waals surface area contributed by atoms with E-state index in [-0.39, 0.29) is 5.66 Å². The van der Waals surface area contributed by atoms with Crippen LogP contribution in [0.4, 0.5) is 4.39 Å². The van der Waals surface area contributed by atoms with Crippen LogP contribution in [0.2, 0.25) is 0 Å². The van der Waals surface area contributed by atoms with Crippen molar-refractivity contribution in [2.24, 2.45) is 0 Å². The number of alkyl halides is 1. The Morgan fingerprint density at radius 3 is 2.67 bits per heavy atom. The van der Waals surface area contributed by atoms with E-state index in [2.05, 4.69) is 0 Å². The minimum Gasteiger partial charge on any atom is -0.324 e. The lowest BCUT2D eigenvalue weighted by atomic mass is 9.98. The molecular formula is C9H18FOP. The second-order valence-electron chi connectivity index (χ2n) is 3.91. The van der Waals surface area contributed by atoms with E-state index in [1.807, 2.05) is 13.6 Å². The van der Waals surface area contributed by atoms with E-state index in [1.54, 1.807) is 0 Å². The SMILES string of the molecule is CCP(C)(=O)C1CCCC(F)C1. The van der Waals surface area contributed by atoms with Gasteiger partial charge in [-0.2, -0.15) is 0 Å². The molecule has 0 radical (unpaired) electrons. The van der Waals surface area contributed by atoms with Gasteiger partial charge in [-0.1, -0.05) is 6.92 Å². The molecule has 72 valence electrons. The molecule has 1 aliphatic carbocycles. The zero-order valence-electron chi connectivity index (χ0n) is 7.92. The van der Waals surface area contributed by atoms with Crippen LogP contribution in [-0.2, 0) is 4.57 Å². The first-order valence-corrected chi connectivity index (χ1v) is 7.17. The highest BCUT2D eigenvalue weighted by Crippen LogP contribution is 2.52. The molecule has 0 aromatic rings. The summed E-state index contributed by atoms with van der Waals surface area (Å²) in [7, 11) is -2.03. The lowest BCUT2D eigenvalue weighted by Crippen LogP contribution is -2.21. The van der Waals surface area contributed by atoms with Crippen LogP contribution in [0.15, 0.2) is 0 Å². The summed E-state index contributed by atoms with van der Waals surface area (Å²) >= 11 is 0. The molecule has 0 saturated heterocycles. The Morgan fingerprint density at radius 2 is 2.17 bits per heavy atom. The molecule has 3 unspecified atom stereocenters. The predicted molar refractivity (Wildman–Crippen MR) is 51.2 cm³/mol. The molecule has 0 heterocycles. The summed E-state index contributed by atoms with van der Waals surface area (Å²) in [5.74, 6) is 0. The van der Waals surface area contributed by atoms with E-state index in [0.29, 0.717) is 12.8 Å². The van der Waals surface area contributed by atoms with Gasteiger partial charge in [0.2, 0.25) is 0 Å². The number of hydrogen-bond acceptors (Lipinski definition) is 1. The standard InChI is InChI=1S/C9H18FOP/c1-3-12(2,11)9-6-4-5-8(10)7-9/h8-9H,3-7H2,1-2H3. The van der Waals surface area contributed by atoms with Gasteiger partial charge in [0.15, 0.2) is 0 Å². The average molecular weight is 192 g/mol. The Kier molecular flexibility index (Phi) is 3.34. The maximum atomic E-state index is 13.0. The molecule has 0 bridgehead atoms. The summed E-state index contributed by atoms with van der Waals surface area (Å²) in [6, 6.07) is 0. The van der Waals surface area contributed by atoms with Crippen molar-refractivity contribution in [3.05, 3.63) is 0 Å². The maximum Gasteiger partial charge on any atom is 0.101 e. The molecule has 0 amide bonds. The smallest absolute Gasteiger partial charge is 0.101 e. The molecule has 1 rings (SSSR count). The first-order chi connectivity index (χ1) is 5.56. The molecule has 0 aromatic heterocycles. The molecule has 1 fully saturated rings. The summed E-state index contributed by atoms with van der Waals surface area (Å²) in [5.41, 5.74) is 0.172. The zero-order valence-corrected chi connectivity index (χ0v) is 8.82. The van der Waals surface area contributed by atoms with Crippen LogP contribution >= 0.6 is 7.14 Å². The van der Waals surface area contributed by atoms with Crippen molar-refractivity contribution in [2.75, 3.05) is 12.8 Å². The largest absolute Gasteiger partial charge is 0.324 e. The Bertz CT molecular complexity index is 193. The molecule has 1 aliphatic rings. The lowest BCUT2D eigenvalue weighted by Gasteiger charge is -2.29. The zero-order chi connectivity index (χ0) is 9.19. The first-order valence-electron chi connectivity index (χ1n) is 4.76. The normalized spacial score (nSPS) is 35.9. The fourth-order valence-corrected chi connectivity index (χ4v) is 3.78. The fraction of sp³-hybridized carbons (Fsp3) is 1.00. The molecule has 0 aromatic carbocycles. The van der Waals surface area contributed by atoms with E-state index in [9.17, 15) is 8.96 Å². The van der Waals surface area contributed by atoms with Crippen LogP contribution < -0.4 is 0 Å². The van der Waals surface area contributed by atoms with E-state index in [4.69, 9.17) is 0 Å². The molecule has 1 nitrogen and oxygen atoms in total. The second-order valence-corrected chi connectivity index (χ2v) is 7.62. The van der Waals surface area contributed by atoms with E-state index < -0.39 is 13.3 Å². The summed E-state index contributed by atoms with van der Waals surface area (Å²) < 4.78 is 24.9. The van der Waals surface area contributed by atoms with Crippen LogP contribution in [0.3, 0.4) is 0 Å². The van der Waals surface area contributed by atoms with Crippen molar-refractivity contribution in [3.8, 4) is 0 Å². The Hall–Kier alpha value is 0.160. The Balaban J connectivity index is 2.57. The van der Waals surface area contributed by atoms with Crippen LogP contribution in [0.1, 0.15) is 32.6 Å². The van der Waals surface area contributed by atoms with Crippen LogP contribution in [0.5, 0.6) is 0 Å². The van der Waals surface area contributed by atoms with Crippen molar-refractivity contribution in [3.63, 3.8) is 0 Å². The molecule has 0 aliphatic heterocycles. The second kappa shape index (κ2) is 3.91. The molecule has 3 heteroatoms. The number of rotatable bonds is 2. The Morgan fingerprint density at radius 1 is 1.50 bits per heavy atom. The quantitative estimate of drug-likeness (QED) is 0.613. The minimum atomic E-state index is -2.03. The van der Waals surface area contributed by atoms with Gasteiger partial charge in [0.1, 0.15) is 6.17 Å². The van der Waals surface area contributed by atoms with E-state index >= 15 is 0 Å². The van der Waals surface area contributed by atoms with Gasteiger partial charge in [0, 0.05) is 5.66 Å². The van der Waals surface area contributed by atoms with E-state index in [1.165, 1.54) is 0 Å². The van der Waals surface area contributed by atoms with Gasteiger partial charge in [0.25, 0.3) is 0 Å². The molecule has 0 N–H and O–H groups in total. The third kappa shape index (κ3) is 2.32. The summed E-state index contributed by atoms with van der Waals surface area (Å²) in [4.78, 5) is 0. The summed E-state index contributed by atoms with van der Waals surface area (Å²) in [6.45, 7) is 3.78. The lowest BCUT2D eigenvalue weighted by molar-refractivity contribution is 0.252. The topological polar surface area (TPSA) is 17.1 Å². The monoisotopic (exact) mass is 192 g/mol. The summed E-state index contributed by atoms with van der Waals surface area (Å²) in [6.07, 6.45) is 3.15. The third-order valence-electron chi connectivity index (χ3n) is 2.98. The van der Waals surface area contributed by atoms with Gasteiger partial charge >= 0.3 is 0 Å². The Labute approximate surface area is 74.1 Å². The van der Waals surface area contributed by atoms with Crippen LogP contribution in [0, 0.1) is 0 Å². The van der Waals surface area contributed by atoms with Gasteiger partial charge in [-0.15, -0.1) is 0 Å². The summed E-state index contributed by atoms with van der Waals surface area (Å²) in [5, 5.41) is 0.